The van der Waals surface area contributed by atoms with Gasteiger partial charge in [-0.2, -0.15) is 0 Å². The Labute approximate surface area is 87.7 Å². The van der Waals surface area contributed by atoms with Crippen LogP contribution < -0.4 is 0 Å². The van der Waals surface area contributed by atoms with E-state index in [0.29, 0.717) is 17.7 Å². The van der Waals surface area contributed by atoms with Crippen LogP contribution in [-0.2, 0) is 4.79 Å². The van der Waals surface area contributed by atoms with Gasteiger partial charge in [0.1, 0.15) is 5.78 Å². The summed E-state index contributed by atoms with van der Waals surface area (Å²) in [6.45, 7) is 8.43. The molecule has 0 aliphatic carbocycles. The van der Waals surface area contributed by atoms with E-state index in [-0.39, 0.29) is 0 Å². The van der Waals surface area contributed by atoms with Crippen LogP contribution in [0.2, 0.25) is 0 Å². The standard InChI is InChI=1S/C12H23NO/c1-4-6-10(2)13-8-5-7-12(9-13)11(3)14/h10,12H,4-9H2,1-3H3. The second-order valence-corrected chi connectivity index (χ2v) is 4.58. The number of likely N-dealkylation sites (tertiary alicyclic amines) is 1. The van der Waals surface area contributed by atoms with Gasteiger partial charge in [-0.1, -0.05) is 13.3 Å². The van der Waals surface area contributed by atoms with Crippen molar-refractivity contribution in [2.45, 2.75) is 52.5 Å². The number of rotatable bonds is 4. The van der Waals surface area contributed by atoms with Gasteiger partial charge < -0.3 is 0 Å². The van der Waals surface area contributed by atoms with Gasteiger partial charge in [-0.3, -0.25) is 9.69 Å². The minimum atomic E-state index is 0.308. The second kappa shape index (κ2) is 5.50. The Morgan fingerprint density at radius 2 is 2.29 bits per heavy atom. The smallest absolute Gasteiger partial charge is 0.134 e. The first-order valence-corrected chi connectivity index (χ1v) is 5.89. The van der Waals surface area contributed by atoms with E-state index in [1.54, 1.807) is 6.92 Å². The lowest BCUT2D eigenvalue weighted by molar-refractivity contribution is -0.122. The fourth-order valence-electron chi connectivity index (χ4n) is 2.34. The van der Waals surface area contributed by atoms with Crippen LogP contribution in [0.4, 0.5) is 0 Å². The fourth-order valence-corrected chi connectivity index (χ4v) is 2.34. The van der Waals surface area contributed by atoms with Crippen LogP contribution in [0.15, 0.2) is 0 Å². The molecule has 2 heteroatoms. The molecule has 0 bridgehead atoms. The SMILES string of the molecule is CCCC(C)N1CCCC(C(C)=O)C1. The van der Waals surface area contributed by atoms with E-state index in [0.717, 1.165) is 13.0 Å². The highest BCUT2D eigenvalue weighted by atomic mass is 16.1. The number of carbonyl (C=O) groups is 1. The molecule has 1 aliphatic heterocycles. The lowest BCUT2D eigenvalue weighted by Crippen LogP contribution is -2.43. The van der Waals surface area contributed by atoms with Crippen molar-refractivity contribution in [1.29, 1.82) is 0 Å². The van der Waals surface area contributed by atoms with Gasteiger partial charge in [-0.25, -0.2) is 0 Å². The van der Waals surface area contributed by atoms with E-state index in [4.69, 9.17) is 0 Å². The molecular formula is C12H23NO. The molecule has 1 rings (SSSR count). The summed E-state index contributed by atoms with van der Waals surface area (Å²) in [5.41, 5.74) is 0. The summed E-state index contributed by atoms with van der Waals surface area (Å²) < 4.78 is 0. The summed E-state index contributed by atoms with van der Waals surface area (Å²) >= 11 is 0. The van der Waals surface area contributed by atoms with Crippen molar-refractivity contribution in [3.63, 3.8) is 0 Å². The maximum Gasteiger partial charge on any atom is 0.134 e. The molecule has 2 nitrogen and oxygen atoms in total. The average molecular weight is 197 g/mol. The Morgan fingerprint density at radius 3 is 2.86 bits per heavy atom. The van der Waals surface area contributed by atoms with Crippen molar-refractivity contribution >= 4 is 5.78 Å². The number of piperidine rings is 1. The summed E-state index contributed by atoms with van der Waals surface area (Å²) in [7, 11) is 0. The molecule has 2 atom stereocenters. The van der Waals surface area contributed by atoms with E-state index in [1.807, 2.05) is 0 Å². The number of hydrogen-bond donors (Lipinski definition) is 0. The molecule has 1 aliphatic rings. The highest BCUT2D eigenvalue weighted by molar-refractivity contribution is 5.78. The zero-order chi connectivity index (χ0) is 10.6. The van der Waals surface area contributed by atoms with Gasteiger partial charge in [0.05, 0.1) is 0 Å². The summed E-state index contributed by atoms with van der Waals surface area (Å²) in [4.78, 5) is 13.8. The maximum absolute atomic E-state index is 11.3. The molecule has 0 aromatic heterocycles. The largest absolute Gasteiger partial charge is 0.300 e. The summed E-state index contributed by atoms with van der Waals surface area (Å²) in [5, 5.41) is 0. The summed E-state index contributed by atoms with van der Waals surface area (Å²) in [6, 6.07) is 0.655. The normalized spacial score (nSPS) is 26.1. The molecule has 0 saturated carbocycles. The lowest BCUT2D eigenvalue weighted by atomic mass is 9.93. The number of hydrogen-bond acceptors (Lipinski definition) is 2. The van der Waals surface area contributed by atoms with Crippen molar-refractivity contribution in [2.75, 3.05) is 13.1 Å². The van der Waals surface area contributed by atoms with Crippen LogP contribution in [0.25, 0.3) is 0 Å². The van der Waals surface area contributed by atoms with Gasteiger partial charge in [0, 0.05) is 18.5 Å². The van der Waals surface area contributed by atoms with E-state index in [2.05, 4.69) is 18.7 Å². The zero-order valence-electron chi connectivity index (χ0n) is 9.75. The van der Waals surface area contributed by atoms with Gasteiger partial charge >= 0.3 is 0 Å². The number of Topliss-reactive ketones (excluding diaryl/α,β-unsaturated/α-hetero) is 1. The molecule has 82 valence electrons. The van der Waals surface area contributed by atoms with Crippen molar-refractivity contribution < 1.29 is 4.79 Å². The Balaban J connectivity index is 2.43. The molecule has 0 N–H and O–H groups in total. The van der Waals surface area contributed by atoms with Crippen LogP contribution in [0.1, 0.15) is 46.5 Å². The van der Waals surface area contributed by atoms with Crippen LogP contribution in [0.5, 0.6) is 0 Å². The first-order chi connectivity index (χ1) is 6.65. The molecule has 0 aromatic carbocycles. The number of ketones is 1. The lowest BCUT2D eigenvalue weighted by Gasteiger charge is -2.35. The van der Waals surface area contributed by atoms with Gasteiger partial charge in [-0.15, -0.1) is 0 Å². The molecule has 1 fully saturated rings. The van der Waals surface area contributed by atoms with E-state index >= 15 is 0 Å². The molecular weight excluding hydrogens is 174 g/mol. The van der Waals surface area contributed by atoms with Crippen molar-refractivity contribution in [3.8, 4) is 0 Å². The summed E-state index contributed by atoms with van der Waals surface area (Å²) in [5.74, 6) is 0.682. The topological polar surface area (TPSA) is 20.3 Å². The monoisotopic (exact) mass is 197 g/mol. The molecule has 0 spiro atoms. The van der Waals surface area contributed by atoms with Crippen LogP contribution >= 0.6 is 0 Å². The molecule has 1 saturated heterocycles. The third-order valence-electron chi connectivity index (χ3n) is 3.36. The summed E-state index contributed by atoms with van der Waals surface area (Å²) in [6.07, 6.45) is 4.79. The Hall–Kier alpha value is -0.370. The van der Waals surface area contributed by atoms with Crippen LogP contribution in [0, 0.1) is 5.92 Å². The highest BCUT2D eigenvalue weighted by Gasteiger charge is 2.25. The quantitative estimate of drug-likeness (QED) is 0.690. The Morgan fingerprint density at radius 1 is 1.57 bits per heavy atom. The van der Waals surface area contributed by atoms with Crippen molar-refractivity contribution in [3.05, 3.63) is 0 Å². The van der Waals surface area contributed by atoms with E-state index in [1.165, 1.54) is 25.8 Å². The predicted molar refractivity (Wildman–Crippen MR) is 59.3 cm³/mol. The van der Waals surface area contributed by atoms with Crippen molar-refractivity contribution in [1.82, 2.24) is 4.90 Å². The first-order valence-electron chi connectivity index (χ1n) is 5.89. The number of carbonyl (C=O) groups excluding carboxylic acids is 1. The molecule has 0 radical (unpaired) electrons. The highest BCUT2D eigenvalue weighted by Crippen LogP contribution is 2.20. The first kappa shape index (κ1) is 11.7. The third kappa shape index (κ3) is 3.09. The van der Waals surface area contributed by atoms with Gasteiger partial charge in [0.25, 0.3) is 0 Å². The van der Waals surface area contributed by atoms with E-state index in [9.17, 15) is 4.79 Å². The Kier molecular flexibility index (Phi) is 4.59. The molecule has 14 heavy (non-hydrogen) atoms. The average Bonchev–Trinajstić information content (AvgIpc) is 2.18. The maximum atomic E-state index is 11.3. The minimum Gasteiger partial charge on any atom is -0.300 e. The van der Waals surface area contributed by atoms with Gasteiger partial charge in [-0.05, 0) is 39.7 Å². The van der Waals surface area contributed by atoms with Crippen LogP contribution in [-0.4, -0.2) is 29.8 Å². The second-order valence-electron chi connectivity index (χ2n) is 4.58. The third-order valence-corrected chi connectivity index (χ3v) is 3.36. The molecule has 1 heterocycles. The van der Waals surface area contributed by atoms with Crippen molar-refractivity contribution in [2.24, 2.45) is 5.92 Å². The number of nitrogens with zero attached hydrogens (tertiary/aromatic N) is 1. The van der Waals surface area contributed by atoms with Gasteiger partial charge in [0.15, 0.2) is 0 Å². The molecule has 0 amide bonds. The van der Waals surface area contributed by atoms with Gasteiger partial charge in [0.2, 0.25) is 0 Å². The zero-order valence-corrected chi connectivity index (χ0v) is 9.75. The molecule has 2 unspecified atom stereocenters. The predicted octanol–water partition coefficient (Wildman–Crippen LogP) is 2.48. The minimum absolute atomic E-state index is 0.308. The Bertz CT molecular complexity index is 191. The molecule has 0 aromatic rings. The fraction of sp³-hybridized carbons (Fsp3) is 0.917. The van der Waals surface area contributed by atoms with Crippen LogP contribution in [0.3, 0.4) is 0 Å². The van der Waals surface area contributed by atoms with E-state index < -0.39 is 0 Å².